The van der Waals surface area contributed by atoms with Crippen molar-refractivity contribution in [1.29, 1.82) is 0 Å². The Morgan fingerprint density at radius 3 is 2.26 bits per heavy atom. The van der Waals surface area contributed by atoms with Gasteiger partial charge in [0.05, 0.1) is 17.7 Å². The van der Waals surface area contributed by atoms with Crippen molar-refractivity contribution in [3.05, 3.63) is 0 Å². The summed E-state index contributed by atoms with van der Waals surface area (Å²) < 4.78 is 50.5. The van der Waals surface area contributed by atoms with Gasteiger partial charge in [-0.2, -0.15) is 13.2 Å². The van der Waals surface area contributed by atoms with Crippen LogP contribution in [-0.4, -0.2) is 61.5 Å². The molecule has 1 saturated heterocycles. The van der Waals surface area contributed by atoms with E-state index in [1.165, 1.54) is 6.92 Å². The Morgan fingerprint density at radius 2 is 1.71 bits per heavy atom. The third-order valence-corrected chi connectivity index (χ3v) is 7.68. The number of hydrogen-bond acceptors (Lipinski definition) is 5. The molecule has 2 fully saturated rings. The minimum absolute atomic E-state index is 0.00899. The molecule has 0 spiro atoms. The van der Waals surface area contributed by atoms with Gasteiger partial charge < -0.3 is 25.3 Å². The second-order valence-corrected chi connectivity index (χ2v) is 11.1. The third-order valence-electron chi connectivity index (χ3n) is 7.68. The van der Waals surface area contributed by atoms with Crippen LogP contribution in [0.4, 0.5) is 13.2 Å². The number of carbonyl (C=O) groups is 2. The average molecular weight is 505 g/mol. The SMILES string of the molecule is CCCCNC(=O)[C@@]1(NC(C)=O)C[C@H](CCB2OC(C)(C)C(C)(C)O2)CC[C@H]1CNCC(F)(F)F. The molecule has 7 nitrogen and oxygen atoms in total. The summed E-state index contributed by atoms with van der Waals surface area (Å²) in [4.78, 5) is 25.7. The molecule has 35 heavy (non-hydrogen) atoms. The average Bonchev–Trinajstić information content (AvgIpc) is 2.93. The number of alkyl halides is 3. The van der Waals surface area contributed by atoms with Gasteiger partial charge in [0.25, 0.3) is 0 Å². The molecule has 2 rings (SSSR count). The highest BCUT2D eigenvalue weighted by molar-refractivity contribution is 6.45. The summed E-state index contributed by atoms with van der Waals surface area (Å²) in [6.07, 6.45) is 0.334. The maximum Gasteiger partial charge on any atom is 0.457 e. The van der Waals surface area contributed by atoms with Crippen molar-refractivity contribution in [2.45, 2.75) is 109 Å². The van der Waals surface area contributed by atoms with Crippen LogP contribution in [-0.2, 0) is 18.9 Å². The van der Waals surface area contributed by atoms with Crippen LogP contribution in [0.25, 0.3) is 0 Å². The summed E-state index contributed by atoms with van der Waals surface area (Å²) in [7, 11) is -0.361. The van der Waals surface area contributed by atoms with Gasteiger partial charge in [-0.25, -0.2) is 0 Å². The highest BCUT2D eigenvalue weighted by Crippen LogP contribution is 2.42. The minimum atomic E-state index is -4.35. The Hall–Kier alpha value is -1.33. The molecule has 1 saturated carbocycles. The molecular formula is C24H43BF3N3O4. The number of nitrogens with one attached hydrogen (secondary N) is 3. The van der Waals surface area contributed by atoms with Gasteiger partial charge in [0.1, 0.15) is 5.54 Å². The number of rotatable bonds is 11. The predicted molar refractivity (Wildman–Crippen MR) is 130 cm³/mol. The molecule has 0 aromatic heterocycles. The molecule has 2 amide bonds. The van der Waals surface area contributed by atoms with Crippen LogP contribution >= 0.6 is 0 Å². The van der Waals surface area contributed by atoms with Gasteiger partial charge in [-0.1, -0.05) is 19.8 Å². The Kier molecular flexibility index (Phi) is 10.1. The van der Waals surface area contributed by atoms with Crippen LogP contribution in [0, 0.1) is 11.8 Å². The van der Waals surface area contributed by atoms with Crippen LogP contribution in [0.15, 0.2) is 0 Å². The topological polar surface area (TPSA) is 88.7 Å². The van der Waals surface area contributed by atoms with Crippen molar-refractivity contribution in [3.63, 3.8) is 0 Å². The fourth-order valence-corrected chi connectivity index (χ4v) is 5.11. The molecular weight excluding hydrogens is 462 g/mol. The fraction of sp³-hybridized carbons (Fsp3) is 0.917. The van der Waals surface area contributed by atoms with E-state index in [0.29, 0.717) is 25.7 Å². The monoisotopic (exact) mass is 505 g/mol. The van der Waals surface area contributed by atoms with Crippen LogP contribution in [0.5, 0.6) is 0 Å². The lowest BCUT2D eigenvalue weighted by Crippen LogP contribution is -2.66. The van der Waals surface area contributed by atoms with E-state index in [2.05, 4.69) is 16.0 Å². The molecule has 0 unspecified atom stereocenters. The van der Waals surface area contributed by atoms with E-state index in [0.717, 1.165) is 25.7 Å². The first kappa shape index (κ1) is 29.9. The molecule has 3 N–H and O–H groups in total. The Morgan fingerprint density at radius 1 is 1.09 bits per heavy atom. The number of halogens is 3. The van der Waals surface area contributed by atoms with Crippen LogP contribution in [0.1, 0.15) is 80.1 Å². The van der Waals surface area contributed by atoms with Gasteiger partial charge in [0.2, 0.25) is 11.8 Å². The van der Waals surface area contributed by atoms with Crippen molar-refractivity contribution in [1.82, 2.24) is 16.0 Å². The fourth-order valence-electron chi connectivity index (χ4n) is 5.11. The van der Waals surface area contributed by atoms with E-state index in [4.69, 9.17) is 9.31 Å². The molecule has 0 aromatic rings. The molecule has 0 aromatic carbocycles. The van der Waals surface area contributed by atoms with Gasteiger partial charge in [-0.3, -0.25) is 9.59 Å². The number of unbranched alkanes of at least 4 members (excludes halogenated alkanes) is 1. The van der Waals surface area contributed by atoms with Crippen LogP contribution < -0.4 is 16.0 Å². The summed E-state index contributed by atoms with van der Waals surface area (Å²) in [5.41, 5.74) is -2.13. The van der Waals surface area contributed by atoms with Crippen molar-refractivity contribution in [2.24, 2.45) is 11.8 Å². The number of hydrogen-bond donors (Lipinski definition) is 3. The Bertz CT molecular complexity index is 719. The first-order valence-electron chi connectivity index (χ1n) is 12.8. The standard InChI is InChI=1S/C24H43BF3N3O4/c1-7-8-13-30-20(33)23(31-17(2)32)14-18(9-10-19(23)15-29-16-24(26,27)28)11-12-25-34-21(3,4)22(5,6)35-25/h18-19,29H,7-16H2,1-6H3,(H,30,33)(H,31,32)/t18-,19-,23+/m0/s1. The van der Waals surface area contributed by atoms with Gasteiger partial charge in [-0.15, -0.1) is 0 Å². The highest BCUT2D eigenvalue weighted by Gasteiger charge is 2.53. The summed E-state index contributed by atoms with van der Waals surface area (Å²) in [6, 6.07) is 0. The lowest BCUT2D eigenvalue weighted by Gasteiger charge is -2.46. The molecule has 202 valence electrons. The van der Waals surface area contributed by atoms with E-state index >= 15 is 0 Å². The normalized spacial score (nSPS) is 28.1. The van der Waals surface area contributed by atoms with E-state index in [1.54, 1.807) is 0 Å². The Balaban J connectivity index is 2.16. The summed E-state index contributed by atoms with van der Waals surface area (Å²) in [6.45, 7) is 10.6. The summed E-state index contributed by atoms with van der Waals surface area (Å²) in [5.74, 6) is -1.05. The molecule has 0 bridgehead atoms. The van der Waals surface area contributed by atoms with Crippen LogP contribution in [0.3, 0.4) is 0 Å². The van der Waals surface area contributed by atoms with Crippen molar-refractivity contribution < 1.29 is 32.1 Å². The predicted octanol–water partition coefficient (Wildman–Crippen LogP) is 3.83. The van der Waals surface area contributed by atoms with E-state index in [9.17, 15) is 22.8 Å². The molecule has 11 heteroatoms. The lowest BCUT2D eigenvalue weighted by molar-refractivity contribution is -0.139. The number of carbonyl (C=O) groups excluding carboxylic acids is 2. The van der Waals surface area contributed by atoms with E-state index in [-0.39, 0.29) is 31.4 Å². The smallest absolute Gasteiger partial charge is 0.403 e. The van der Waals surface area contributed by atoms with E-state index < -0.39 is 35.4 Å². The molecule has 0 radical (unpaired) electrons. The Labute approximate surface area is 208 Å². The first-order valence-corrected chi connectivity index (χ1v) is 12.8. The minimum Gasteiger partial charge on any atom is -0.403 e. The summed E-state index contributed by atoms with van der Waals surface area (Å²) >= 11 is 0. The van der Waals surface area contributed by atoms with E-state index in [1.807, 2.05) is 34.6 Å². The van der Waals surface area contributed by atoms with Gasteiger partial charge >= 0.3 is 13.3 Å². The van der Waals surface area contributed by atoms with Crippen LogP contribution in [0.2, 0.25) is 6.32 Å². The lowest BCUT2D eigenvalue weighted by atomic mass is 9.65. The van der Waals surface area contributed by atoms with Gasteiger partial charge in [-0.05, 0) is 65.6 Å². The maximum atomic E-state index is 13.5. The largest absolute Gasteiger partial charge is 0.457 e. The van der Waals surface area contributed by atoms with Crippen molar-refractivity contribution in [3.8, 4) is 0 Å². The zero-order valence-electron chi connectivity index (χ0n) is 22.1. The molecule has 1 heterocycles. The second kappa shape index (κ2) is 11.8. The molecule has 2 aliphatic rings. The maximum absolute atomic E-state index is 13.5. The second-order valence-electron chi connectivity index (χ2n) is 11.1. The molecule has 1 aliphatic heterocycles. The molecule has 3 atom stereocenters. The zero-order chi connectivity index (χ0) is 26.5. The summed E-state index contributed by atoms with van der Waals surface area (Å²) in [5, 5.41) is 8.25. The van der Waals surface area contributed by atoms with Gasteiger partial charge in [0, 0.05) is 25.9 Å². The van der Waals surface area contributed by atoms with Crippen molar-refractivity contribution in [2.75, 3.05) is 19.6 Å². The van der Waals surface area contributed by atoms with Crippen molar-refractivity contribution >= 4 is 18.9 Å². The van der Waals surface area contributed by atoms with Gasteiger partial charge in [0.15, 0.2) is 0 Å². The zero-order valence-corrected chi connectivity index (χ0v) is 22.1. The third kappa shape index (κ3) is 8.08. The number of amides is 2. The highest BCUT2D eigenvalue weighted by atomic mass is 19.4. The molecule has 1 aliphatic carbocycles. The quantitative estimate of drug-likeness (QED) is 0.294. The first-order chi connectivity index (χ1) is 16.1.